The van der Waals surface area contributed by atoms with Crippen molar-refractivity contribution in [1.82, 2.24) is 19.8 Å². The molecular formula is C20H22N4O2. The van der Waals surface area contributed by atoms with Crippen molar-refractivity contribution in [2.24, 2.45) is 5.41 Å². The Morgan fingerprint density at radius 1 is 1.27 bits per heavy atom. The van der Waals surface area contributed by atoms with E-state index in [1.807, 2.05) is 30.0 Å². The van der Waals surface area contributed by atoms with Crippen molar-refractivity contribution in [1.29, 1.82) is 0 Å². The molecule has 0 aliphatic carbocycles. The number of nitrogens with zero attached hydrogens (tertiary/aromatic N) is 4. The Hall–Kier alpha value is -2.76. The number of likely N-dealkylation sites (tertiary alicyclic amines) is 2. The first-order valence-electron chi connectivity index (χ1n) is 9.05. The summed E-state index contributed by atoms with van der Waals surface area (Å²) in [6.45, 7) is 4.44. The molecule has 2 saturated heterocycles. The highest BCUT2D eigenvalue weighted by molar-refractivity contribution is 5.94. The van der Waals surface area contributed by atoms with Crippen molar-refractivity contribution in [3.63, 3.8) is 0 Å². The number of aromatic nitrogens is 2. The molecule has 0 N–H and O–H groups in total. The summed E-state index contributed by atoms with van der Waals surface area (Å²) in [5.41, 5.74) is 0.914. The van der Waals surface area contributed by atoms with Crippen LogP contribution in [-0.2, 0) is 4.79 Å². The molecule has 134 valence electrons. The van der Waals surface area contributed by atoms with Crippen LogP contribution < -0.4 is 0 Å². The molecule has 0 unspecified atom stereocenters. The molecule has 4 rings (SSSR count). The highest BCUT2D eigenvalue weighted by Crippen LogP contribution is 2.50. The highest BCUT2D eigenvalue weighted by atomic mass is 16.2. The van der Waals surface area contributed by atoms with Crippen molar-refractivity contribution >= 4 is 11.8 Å². The van der Waals surface area contributed by atoms with Crippen molar-refractivity contribution in [3.05, 3.63) is 60.2 Å². The van der Waals surface area contributed by atoms with E-state index >= 15 is 0 Å². The Kier molecular flexibility index (Phi) is 4.18. The largest absolute Gasteiger partial charge is 0.342 e. The fraction of sp³-hybridized carbons (Fsp3) is 0.400. The fourth-order valence-electron chi connectivity index (χ4n) is 4.38. The van der Waals surface area contributed by atoms with Gasteiger partial charge < -0.3 is 9.80 Å². The second-order valence-corrected chi connectivity index (χ2v) is 7.03. The summed E-state index contributed by atoms with van der Waals surface area (Å²) in [5, 5.41) is 0. The first kappa shape index (κ1) is 16.7. The minimum Gasteiger partial charge on any atom is -0.342 e. The van der Waals surface area contributed by atoms with E-state index in [4.69, 9.17) is 0 Å². The smallest absolute Gasteiger partial charge is 0.274 e. The molecule has 3 heterocycles. The molecule has 0 radical (unpaired) electrons. The van der Waals surface area contributed by atoms with Gasteiger partial charge in [0.2, 0.25) is 5.91 Å². The number of benzene rings is 1. The number of hydrogen-bond acceptors (Lipinski definition) is 4. The Morgan fingerprint density at radius 2 is 2.08 bits per heavy atom. The van der Waals surface area contributed by atoms with E-state index in [0.29, 0.717) is 25.3 Å². The first-order chi connectivity index (χ1) is 12.7. The maximum atomic E-state index is 13.2. The summed E-state index contributed by atoms with van der Waals surface area (Å²) in [6, 6.07) is 10.1. The molecule has 2 aromatic rings. The van der Waals surface area contributed by atoms with Gasteiger partial charge in [0.25, 0.3) is 5.91 Å². The van der Waals surface area contributed by atoms with E-state index in [1.54, 1.807) is 11.1 Å². The van der Waals surface area contributed by atoms with Gasteiger partial charge >= 0.3 is 0 Å². The molecule has 2 fully saturated rings. The molecule has 6 nitrogen and oxygen atoms in total. The van der Waals surface area contributed by atoms with Gasteiger partial charge in [-0.3, -0.25) is 14.6 Å². The van der Waals surface area contributed by atoms with Crippen LogP contribution in [0.15, 0.2) is 48.9 Å². The predicted molar refractivity (Wildman–Crippen MR) is 96.4 cm³/mol. The average molecular weight is 350 g/mol. The molecule has 2 aliphatic heterocycles. The Balaban J connectivity index is 1.70. The second-order valence-electron chi connectivity index (χ2n) is 7.03. The molecule has 2 amide bonds. The van der Waals surface area contributed by atoms with Crippen LogP contribution in [0.25, 0.3) is 0 Å². The van der Waals surface area contributed by atoms with Crippen LogP contribution in [0.4, 0.5) is 0 Å². The maximum absolute atomic E-state index is 13.2. The van der Waals surface area contributed by atoms with E-state index in [0.717, 1.165) is 18.5 Å². The Bertz CT molecular complexity index is 811. The van der Waals surface area contributed by atoms with Crippen LogP contribution in [-0.4, -0.2) is 57.8 Å². The van der Waals surface area contributed by atoms with Crippen molar-refractivity contribution in [2.45, 2.75) is 19.3 Å². The minimum absolute atomic E-state index is 0.00775. The first-order valence-corrected chi connectivity index (χ1v) is 9.05. The number of rotatable bonds is 3. The molecule has 1 spiro atoms. The van der Waals surface area contributed by atoms with E-state index < -0.39 is 5.41 Å². The molecule has 6 heteroatoms. The normalized spacial score (nSPS) is 25.3. The van der Waals surface area contributed by atoms with Gasteiger partial charge in [-0.25, -0.2) is 4.98 Å². The van der Waals surface area contributed by atoms with Crippen LogP contribution in [0.3, 0.4) is 0 Å². The van der Waals surface area contributed by atoms with Gasteiger partial charge in [-0.1, -0.05) is 30.3 Å². The predicted octanol–water partition coefficient (Wildman–Crippen LogP) is 1.95. The summed E-state index contributed by atoms with van der Waals surface area (Å²) >= 11 is 0. The number of hydrogen-bond donors (Lipinski definition) is 0. The second kappa shape index (κ2) is 6.52. The van der Waals surface area contributed by atoms with Gasteiger partial charge in [0.1, 0.15) is 5.69 Å². The SMILES string of the molecule is CCN1CC[C@]2(CN(C(=O)c3cnccn3)C[C@H]2c2ccccc2)C1=O. The van der Waals surface area contributed by atoms with Crippen molar-refractivity contribution in [3.8, 4) is 0 Å². The fourth-order valence-corrected chi connectivity index (χ4v) is 4.38. The van der Waals surface area contributed by atoms with Crippen LogP contribution in [0.1, 0.15) is 35.3 Å². The lowest BCUT2D eigenvalue weighted by Crippen LogP contribution is -2.40. The quantitative estimate of drug-likeness (QED) is 0.849. The average Bonchev–Trinajstić information content (AvgIpc) is 3.24. The molecule has 2 atom stereocenters. The monoisotopic (exact) mass is 350 g/mol. The van der Waals surface area contributed by atoms with Gasteiger partial charge in [-0.2, -0.15) is 0 Å². The summed E-state index contributed by atoms with van der Waals surface area (Å²) in [6.07, 6.45) is 5.34. The van der Waals surface area contributed by atoms with Crippen LogP contribution in [0.2, 0.25) is 0 Å². The number of carbonyl (C=O) groups is 2. The lowest BCUT2D eigenvalue weighted by molar-refractivity contribution is -0.135. The third kappa shape index (κ3) is 2.57. The third-order valence-corrected chi connectivity index (χ3v) is 5.74. The standard InChI is InChI=1S/C20H22N4O2/c1-2-23-11-8-20(19(23)26)14-24(18(25)17-12-21-9-10-22-17)13-16(20)15-6-4-3-5-7-15/h3-7,9-10,12,16H,2,8,11,13-14H2,1H3/t16-,20+/m0/s1. The zero-order valence-electron chi connectivity index (χ0n) is 14.8. The summed E-state index contributed by atoms with van der Waals surface area (Å²) in [5.74, 6) is 0.0234. The highest BCUT2D eigenvalue weighted by Gasteiger charge is 2.57. The molecule has 1 aromatic carbocycles. The molecule has 2 aliphatic rings. The molecular weight excluding hydrogens is 328 g/mol. The van der Waals surface area contributed by atoms with E-state index in [9.17, 15) is 9.59 Å². The van der Waals surface area contributed by atoms with Gasteiger partial charge in [0.15, 0.2) is 0 Å². The third-order valence-electron chi connectivity index (χ3n) is 5.74. The van der Waals surface area contributed by atoms with E-state index in [1.165, 1.54) is 12.4 Å². The van der Waals surface area contributed by atoms with Gasteiger partial charge in [-0.05, 0) is 18.9 Å². The zero-order chi connectivity index (χ0) is 18.1. The van der Waals surface area contributed by atoms with Gasteiger partial charge in [0.05, 0.1) is 11.6 Å². The molecule has 0 saturated carbocycles. The number of carbonyl (C=O) groups excluding carboxylic acids is 2. The van der Waals surface area contributed by atoms with E-state index in [2.05, 4.69) is 22.1 Å². The van der Waals surface area contributed by atoms with Crippen molar-refractivity contribution < 1.29 is 9.59 Å². The minimum atomic E-state index is -0.533. The Morgan fingerprint density at radius 3 is 2.73 bits per heavy atom. The maximum Gasteiger partial charge on any atom is 0.274 e. The molecule has 1 aromatic heterocycles. The number of amides is 2. The van der Waals surface area contributed by atoms with E-state index in [-0.39, 0.29) is 17.7 Å². The topological polar surface area (TPSA) is 66.4 Å². The summed E-state index contributed by atoms with van der Waals surface area (Å²) in [7, 11) is 0. The molecule has 26 heavy (non-hydrogen) atoms. The summed E-state index contributed by atoms with van der Waals surface area (Å²) < 4.78 is 0. The zero-order valence-corrected chi connectivity index (χ0v) is 14.8. The van der Waals surface area contributed by atoms with Crippen LogP contribution in [0, 0.1) is 5.41 Å². The lowest BCUT2D eigenvalue weighted by Gasteiger charge is -2.28. The van der Waals surface area contributed by atoms with Gasteiger partial charge in [-0.15, -0.1) is 0 Å². The summed E-state index contributed by atoms with van der Waals surface area (Å²) in [4.78, 5) is 38.0. The van der Waals surface area contributed by atoms with Gasteiger partial charge in [0, 0.05) is 44.5 Å². The lowest BCUT2D eigenvalue weighted by atomic mass is 9.73. The Labute approximate surface area is 152 Å². The van der Waals surface area contributed by atoms with Crippen LogP contribution in [0.5, 0.6) is 0 Å². The van der Waals surface area contributed by atoms with Crippen LogP contribution >= 0.6 is 0 Å². The molecule has 0 bridgehead atoms. The van der Waals surface area contributed by atoms with Crippen molar-refractivity contribution in [2.75, 3.05) is 26.2 Å².